The van der Waals surface area contributed by atoms with Crippen molar-refractivity contribution in [1.29, 1.82) is 0 Å². The molecule has 0 saturated heterocycles. The third-order valence-electron chi connectivity index (χ3n) is 3.37. The van der Waals surface area contributed by atoms with Crippen LogP contribution >= 0.6 is 0 Å². The number of rotatable bonds is 5. The van der Waals surface area contributed by atoms with Crippen LogP contribution in [0.4, 0.5) is 0 Å². The van der Waals surface area contributed by atoms with Gasteiger partial charge in [-0.25, -0.2) is 0 Å². The van der Waals surface area contributed by atoms with Gasteiger partial charge in [0.2, 0.25) is 5.91 Å². The fraction of sp³-hybridized carbons (Fsp3) is 0.917. The molecule has 0 aromatic rings. The van der Waals surface area contributed by atoms with Crippen LogP contribution in [0.3, 0.4) is 0 Å². The molecule has 0 bridgehead atoms. The van der Waals surface area contributed by atoms with Gasteiger partial charge < -0.3 is 15.7 Å². The molecule has 0 aliphatic heterocycles. The van der Waals surface area contributed by atoms with Crippen LogP contribution in [0, 0.1) is 5.41 Å². The van der Waals surface area contributed by atoms with E-state index in [1.807, 2.05) is 27.7 Å². The van der Waals surface area contributed by atoms with Crippen molar-refractivity contribution in [2.24, 2.45) is 11.1 Å². The van der Waals surface area contributed by atoms with Gasteiger partial charge in [-0.05, 0) is 41.0 Å². The summed E-state index contributed by atoms with van der Waals surface area (Å²) in [6, 6.07) is 0. The highest BCUT2D eigenvalue weighted by molar-refractivity contribution is 5.83. The van der Waals surface area contributed by atoms with Gasteiger partial charge in [0.05, 0.1) is 11.5 Å². The average Bonchev–Trinajstić information content (AvgIpc) is 2.10. The van der Waals surface area contributed by atoms with Crippen molar-refractivity contribution >= 4 is 5.91 Å². The third kappa shape index (κ3) is 3.76. The van der Waals surface area contributed by atoms with Crippen molar-refractivity contribution in [2.45, 2.75) is 52.7 Å². The van der Waals surface area contributed by atoms with E-state index >= 15 is 0 Å². The van der Waals surface area contributed by atoms with E-state index in [4.69, 9.17) is 5.73 Å². The second-order valence-electron chi connectivity index (χ2n) is 5.71. The maximum absolute atomic E-state index is 12.2. The Labute approximate surface area is 98.8 Å². The Morgan fingerprint density at radius 1 is 1.38 bits per heavy atom. The summed E-state index contributed by atoms with van der Waals surface area (Å²) in [5.41, 5.74) is 4.83. The number of amides is 1. The Hall–Kier alpha value is -0.610. The van der Waals surface area contributed by atoms with Crippen LogP contribution in [0.25, 0.3) is 0 Å². The summed E-state index contributed by atoms with van der Waals surface area (Å²) in [6.07, 6.45) is 0.202. The molecule has 0 radical (unpaired) electrons. The van der Waals surface area contributed by atoms with Gasteiger partial charge in [-0.3, -0.25) is 4.79 Å². The van der Waals surface area contributed by atoms with Crippen LogP contribution < -0.4 is 5.73 Å². The lowest BCUT2D eigenvalue weighted by Gasteiger charge is -2.39. The fourth-order valence-corrected chi connectivity index (χ4v) is 1.23. The number of carbonyl (C=O) groups is 1. The normalized spacial score (nSPS) is 14.8. The van der Waals surface area contributed by atoms with Crippen LogP contribution in [-0.2, 0) is 4.79 Å². The van der Waals surface area contributed by atoms with Crippen LogP contribution in [-0.4, -0.2) is 41.1 Å². The first-order valence-electron chi connectivity index (χ1n) is 5.72. The first-order valence-corrected chi connectivity index (χ1v) is 5.72. The molecule has 0 rings (SSSR count). The second kappa shape index (κ2) is 5.15. The number of hydrogen-bond donors (Lipinski definition) is 2. The van der Waals surface area contributed by atoms with Crippen LogP contribution in [0.15, 0.2) is 0 Å². The maximum atomic E-state index is 12.2. The summed E-state index contributed by atoms with van der Waals surface area (Å²) in [5.74, 6) is 0.0145. The van der Waals surface area contributed by atoms with Gasteiger partial charge in [0, 0.05) is 19.1 Å². The summed E-state index contributed by atoms with van der Waals surface area (Å²) in [4.78, 5) is 13.8. The van der Waals surface area contributed by atoms with E-state index in [1.165, 1.54) is 0 Å². The molecule has 96 valence electrons. The molecule has 3 N–H and O–H groups in total. The summed E-state index contributed by atoms with van der Waals surface area (Å²) in [6.45, 7) is 9.69. The van der Waals surface area contributed by atoms with E-state index in [9.17, 15) is 9.90 Å². The standard InChI is InChI=1S/C12H26N2O2/c1-9(15)7-8-14(6)10(16)11(2,3)12(4,5)13/h9,15H,7-8,13H2,1-6H3. The third-order valence-corrected chi connectivity index (χ3v) is 3.37. The van der Waals surface area contributed by atoms with Crippen molar-refractivity contribution in [2.75, 3.05) is 13.6 Å². The Morgan fingerprint density at radius 3 is 2.12 bits per heavy atom. The summed E-state index contributed by atoms with van der Waals surface area (Å²) >= 11 is 0. The van der Waals surface area contributed by atoms with E-state index in [0.717, 1.165) is 0 Å². The first-order chi connectivity index (χ1) is 7.00. The Kier molecular flexibility index (Phi) is 4.95. The molecule has 4 heteroatoms. The highest BCUT2D eigenvalue weighted by Gasteiger charge is 2.41. The van der Waals surface area contributed by atoms with Crippen molar-refractivity contribution in [1.82, 2.24) is 4.90 Å². The van der Waals surface area contributed by atoms with Gasteiger partial charge >= 0.3 is 0 Å². The lowest BCUT2D eigenvalue weighted by molar-refractivity contribution is -0.142. The number of aliphatic hydroxyl groups is 1. The fourth-order valence-electron chi connectivity index (χ4n) is 1.23. The number of carbonyl (C=O) groups excluding carboxylic acids is 1. The van der Waals surface area contributed by atoms with E-state index in [-0.39, 0.29) is 12.0 Å². The largest absolute Gasteiger partial charge is 0.393 e. The molecule has 0 aromatic heterocycles. The van der Waals surface area contributed by atoms with Crippen molar-refractivity contribution in [3.63, 3.8) is 0 Å². The number of nitrogens with two attached hydrogens (primary N) is 1. The van der Waals surface area contributed by atoms with Crippen LogP contribution in [0.2, 0.25) is 0 Å². The highest BCUT2D eigenvalue weighted by atomic mass is 16.3. The summed E-state index contributed by atoms with van der Waals surface area (Å²) in [5, 5.41) is 9.18. The predicted octanol–water partition coefficient (Wildman–Crippen LogP) is 0.979. The minimum absolute atomic E-state index is 0.0145. The van der Waals surface area contributed by atoms with Gasteiger partial charge in [0.25, 0.3) is 0 Å². The molecule has 1 unspecified atom stereocenters. The van der Waals surface area contributed by atoms with Crippen molar-refractivity contribution < 1.29 is 9.90 Å². The molecule has 1 atom stereocenters. The molecule has 0 heterocycles. The monoisotopic (exact) mass is 230 g/mol. The number of aliphatic hydroxyl groups excluding tert-OH is 1. The molecular weight excluding hydrogens is 204 g/mol. The molecule has 0 aromatic carbocycles. The van der Waals surface area contributed by atoms with Crippen molar-refractivity contribution in [3.05, 3.63) is 0 Å². The molecule has 1 amide bonds. The zero-order chi connectivity index (χ0) is 13.1. The van der Waals surface area contributed by atoms with Crippen LogP contribution in [0.5, 0.6) is 0 Å². The molecule has 4 nitrogen and oxygen atoms in total. The SMILES string of the molecule is CC(O)CCN(C)C(=O)C(C)(C)C(C)(C)N. The molecule has 0 saturated carbocycles. The molecule has 0 aliphatic rings. The van der Waals surface area contributed by atoms with E-state index in [1.54, 1.807) is 18.9 Å². The average molecular weight is 230 g/mol. The smallest absolute Gasteiger partial charge is 0.229 e. The quantitative estimate of drug-likeness (QED) is 0.740. The minimum atomic E-state index is -0.611. The number of nitrogens with zero attached hydrogens (tertiary/aromatic N) is 1. The van der Waals surface area contributed by atoms with Gasteiger partial charge in [-0.1, -0.05) is 0 Å². The second-order valence-corrected chi connectivity index (χ2v) is 5.71. The predicted molar refractivity (Wildman–Crippen MR) is 66.0 cm³/mol. The molecule has 16 heavy (non-hydrogen) atoms. The zero-order valence-corrected chi connectivity index (χ0v) is 11.4. The lowest BCUT2D eigenvalue weighted by atomic mass is 9.74. The van der Waals surface area contributed by atoms with Crippen LogP contribution in [0.1, 0.15) is 41.0 Å². The Morgan fingerprint density at radius 2 is 1.81 bits per heavy atom. The highest BCUT2D eigenvalue weighted by Crippen LogP contribution is 2.30. The number of hydrogen-bond acceptors (Lipinski definition) is 3. The van der Waals surface area contributed by atoms with E-state index < -0.39 is 11.0 Å². The minimum Gasteiger partial charge on any atom is -0.393 e. The van der Waals surface area contributed by atoms with E-state index in [0.29, 0.717) is 13.0 Å². The van der Waals surface area contributed by atoms with E-state index in [2.05, 4.69) is 0 Å². The van der Waals surface area contributed by atoms with Crippen molar-refractivity contribution in [3.8, 4) is 0 Å². The zero-order valence-electron chi connectivity index (χ0n) is 11.4. The molecular formula is C12H26N2O2. The molecule has 0 spiro atoms. The Bertz CT molecular complexity index is 242. The molecule has 0 fully saturated rings. The Balaban J connectivity index is 4.55. The maximum Gasteiger partial charge on any atom is 0.229 e. The topological polar surface area (TPSA) is 66.6 Å². The van der Waals surface area contributed by atoms with Gasteiger partial charge in [0.1, 0.15) is 0 Å². The van der Waals surface area contributed by atoms with Gasteiger partial charge in [-0.2, -0.15) is 0 Å². The summed E-state index contributed by atoms with van der Waals surface area (Å²) in [7, 11) is 1.75. The first kappa shape index (κ1) is 15.4. The lowest BCUT2D eigenvalue weighted by Crippen LogP contribution is -2.56. The molecule has 0 aliphatic carbocycles. The van der Waals surface area contributed by atoms with Gasteiger partial charge in [-0.15, -0.1) is 0 Å². The summed E-state index contributed by atoms with van der Waals surface area (Å²) < 4.78 is 0. The van der Waals surface area contributed by atoms with Gasteiger partial charge in [0.15, 0.2) is 0 Å².